The Morgan fingerprint density at radius 2 is 1.70 bits per heavy atom. The van der Waals surface area contributed by atoms with E-state index in [4.69, 9.17) is 14.7 Å². The fraction of sp³-hybridized carbons (Fsp3) is 0.300. The van der Waals surface area contributed by atoms with Crippen LogP contribution in [0.3, 0.4) is 0 Å². The molecule has 40 heavy (non-hydrogen) atoms. The predicted molar refractivity (Wildman–Crippen MR) is 152 cm³/mol. The molecule has 0 bridgehead atoms. The van der Waals surface area contributed by atoms with E-state index in [-0.39, 0.29) is 13.2 Å². The van der Waals surface area contributed by atoms with E-state index < -0.39 is 12.0 Å². The maximum atomic E-state index is 13.5. The first-order valence-electron chi connectivity index (χ1n) is 13.1. The number of thiazole rings is 1. The first-order chi connectivity index (χ1) is 19.6. The number of aromatic nitrogens is 1. The number of nitrogens with zero attached hydrogens (tertiary/aromatic N) is 3. The number of amides is 1. The van der Waals surface area contributed by atoms with E-state index in [1.54, 1.807) is 48.5 Å². The molecule has 1 aliphatic heterocycles. The SMILES string of the molecule is N#Cc1ccc(OC(C(=O)Nc2nc3cc(CO)c(CO)cc3s2)c2ccc(OCCN3CCCC3)cc2)cc1. The normalized spacial score (nSPS) is 14.1. The van der Waals surface area contributed by atoms with Gasteiger partial charge in [0.2, 0.25) is 6.10 Å². The average molecular weight is 559 g/mol. The smallest absolute Gasteiger partial charge is 0.271 e. The summed E-state index contributed by atoms with van der Waals surface area (Å²) in [5, 5.41) is 31.5. The van der Waals surface area contributed by atoms with Crippen molar-refractivity contribution in [2.75, 3.05) is 31.6 Å². The van der Waals surface area contributed by atoms with Gasteiger partial charge in [-0.25, -0.2) is 4.98 Å². The Balaban J connectivity index is 1.34. The number of anilines is 1. The molecule has 1 fully saturated rings. The van der Waals surface area contributed by atoms with Crippen LogP contribution >= 0.6 is 11.3 Å². The first-order valence-corrected chi connectivity index (χ1v) is 13.9. The molecule has 1 saturated heterocycles. The number of fused-ring (bicyclic) bond motifs is 1. The number of nitriles is 1. The lowest BCUT2D eigenvalue weighted by Gasteiger charge is -2.19. The molecule has 206 valence electrons. The number of ether oxygens (including phenoxy) is 2. The third-order valence-electron chi connectivity index (χ3n) is 6.81. The zero-order chi connectivity index (χ0) is 27.9. The van der Waals surface area contributed by atoms with E-state index in [9.17, 15) is 15.0 Å². The van der Waals surface area contributed by atoms with Crippen molar-refractivity contribution in [2.45, 2.75) is 32.2 Å². The van der Waals surface area contributed by atoms with Crippen LogP contribution in [0.2, 0.25) is 0 Å². The van der Waals surface area contributed by atoms with E-state index in [1.165, 1.54) is 24.2 Å². The number of carbonyl (C=O) groups is 1. The van der Waals surface area contributed by atoms with Crippen LogP contribution in [0.15, 0.2) is 60.7 Å². The monoisotopic (exact) mass is 558 g/mol. The van der Waals surface area contributed by atoms with Crippen LogP contribution in [0.4, 0.5) is 5.13 Å². The molecule has 1 aromatic heterocycles. The van der Waals surface area contributed by atoms with Gasteiger partial charge in [0.1, 0.15) is 18.1 Å². The predicted octanol–water partition coefficient (Wildman–Crippen LogP) is 4.39. The van der Waals surface area contributed by atoms with E-state index in [1.807, 2.05) is 12.1 Å². The summed E-state index contributed by atoms with van der Waals surface area (Å²) in [6.45, 7) is 3.29. The Kier molecular flexibility index (Phi) is 8.88. The highest BCUT2D eigenvalue weighted by Gasteiger charge is 2.25. The van der Waals surface area contributed by atoms with Crippen molar-refractivity contribution in [2.24, 2.45) is 0 Å². The van der Waals surface area contributed by atoms with Gasteiger partial charge in [0, 0.05) is 12.1 Å². The van der Waals surface area contributed by atoms with Crippen LogP contribution < -0.4 is 14.8 Å². The Morgan fingerprint density at radius 3 is 2.38 bits per heavy atom. The van der Waals surface area contributed by atoms with Gasteiger partial charge in [-0.3, -0.25) is 15.0 Å². The summed E-state index contributed by atoms with van der Waals surface area (Å²) in [5.41, 5.74) is 2.92. The van der Waals surface area contributed by atoms with Gasteiger partial charge in [-0.1, -0.05) is 23.5 Å². The quantitative estimate of drug-likeness (QED) is 0.247. The summed E-state index contributed by atoms with van der Waals surface area (Å²) >= 11 is 1.27. The number of nitrogens with one attached hydrogen (secondary N) is 1. The van der Waals surface area contributed by atoms with Gasteiger partial charge in [-0.2, -0.15) is 5.26 Å². The number of aliphatic hydroxyl groups is 2. The van der Waals surface area contributed by atoms with Gasteiger partial charge >= 0.3 is 0 Å². The van der Waals surface area contributed by atoms with Gasteiger partial charge in [0.05, 0.1) is 35.1 Å². The highest BCUT2D eigenvalue weighted by Crippen LogP contribution is 2.31. The molecule has 0 aliphatic carbocycles. The molecule has 1 unspecified atom stereocenters. The Bertz CT molecular complexity index is 1450. The molecule has 2 heterocycles. The third-order valence-corrected chi connectivity index (χ3v) is 7.75. The lowest BCUT2D eigenvalue weighted by Crippen LogP contribution is -2.26. The number of hydrogen-bond donors (Lipinski definition) is 3. The van der Waals surface area contributed by atoms with Gasteiger partial charge in [-0.05, 0) is 85.6 Å². The second-order valence-electron chi connectivity index (χ2n) is 9.51. The van der Waals surface area contributed by atoms with Crippen LogP contribution in [0, 0.1) is 11.3 Å². The molecule has 0 saturated carbocycles. The van der Waals surface area contributed by atoms with E-state index in [0.29, 0.717) is 51.0 Å². The van der Waals surface area contributed by atoms with Gasteiger partial charge in [0.15, 0.2) is 5.13 Å². The second kappa shape index (κ2) is 12.9. The zero-order valence-corrected chi connectivity index (χ0v) is 22.7. The van der Waals surface area contributed by atoms with Crippen molar-refractivity contribution in [3.8, 4) is 17.6 Å². The van der Waals surface area contributed by atoms with Crippen molar-refractivity contribution in [3.05, 3.63) is 82.9 Å². The van der Waals surface area contributed by atoms with Crippen molar-refractivity contribution in [1.29, 1.82) is 5.26 Å². The molecule has 1 amide bonds. The lowest BCUT2D eigenvalue weighted by molar-refractivity contribution is -0.123. The fourth-order valence-electron chi connectivity index (χ4n) is 4.63. The summed E-state index contributed by atoms with van der Waals surface area (Å²) in [6.07, 6.45) is 1.48. The van der Waals surface area contributed by atoms with Gasteiger partial charge in [-0.15, -0.1) is 0 Å². The number of aliphatic hydroxyl groups excluding tert-OH is 2. The van der Waals surface area contributed by atoms with E-state index in [0.717, 1.165) is 24.3 Å². The highest BCUT2D eigenvalue weighted by atomic mass is 32.1. The average Bonchev–Trinajstić information content (AvgIpc) is 3.65. The molecule has 1 aliphatic rings. The Labute approximate surface area is 236 Å². The summed E-state index contributed by atoms with van der Waals surface area (Å²) in [4.78, 5) is 20.4. The van der Waals surface area contributed by atoms with Crippen LogP contribution in [0.5, 0.6) is 11.5 Å². The van der Waals surface area contributed by atoms with Crippen LogP contribution in [0.25, 0.3) is 10.2 Å². The van der Waals surface area contributed by atoms with Crippen LogP contribution in [-0.2, 0) is 18.0 Å². The molecule has 4 aromatic rings. The largest absolute Gasteiger partial charge is 0.492 e. The molecular weight excluding hydrogens is 528 g/mol. The maximum absolute atomic E-state index is 13.5. The molecule has 3 N–H and O–H groups in total. The number of rotatable bonds is 11. The van der Waals surface area contributed by atoms with Crippen molar-refractivity contribution < 1.29 is 24.5 Å². The minimum atomic E-state index is -1.00. The number of carbonyl (C=O) groups excluding carboxylic acids is 1. The summed E-state index contributed by atoms with van der Waals surface area (Å²) in [7, 11) is 0. The van der Waals surface area contributed by atoms with Gasteiger partial charge < -0.3 is 19.7 Å². The van der Waals surface area contributed by atoms with Crippen molar-refractivity contribution in [1.82, 2.24) is 9.88 Å². The minimum Gasteiger partial charge on any atom is -0.492 e. The molecule has 9 nitrogen and oxygen atoms in total. The van der Waals surface area contributed by atoms with Crippen LogP contribution in [-0.4, -0.2) is 52.2 Å². The molecule has 1 atom stereocenters. The number of likely N-dealkylation sites (tertiary alicyclic amines) is 1. The molecule has 3 aromatic carbocycles. The lowest BCUT2D eigenvalue weighted by atomic mass is 10.1. The zero-order valence-electron chi connectivity index (χ0n) is 21.9. The minimum absolute atomic E-state index is 0.204. The molecule has 0 spiro atoms. The topological polar surface area (TPSA) is 128 Å². The summed E-state index contributed by atoms with van der Waals surface area (Å²) < 4.78 is 12.8. The highest BCUT2D eigenvalue weighted by molar-refractivity contribution is 7.22. The van der Waals surface area contributed by atoms with Crippen LogP contribution in [0.1, 0.15) is 41.2 Å². The molecule has 5 rings (SSSR count). The number of benzene rings is 3. The first kappa shape index (κ1) is 27.6. The standard InChI is InChI=1S/C30H30N4O5S/c31-17-20-3-7-25(8-4-20)39-28(21-5-9-24(10-6-21)38-14-13-34-11-1-2-12-34)29(37)33-30-32-26-15-22(18-35)23(19-36)16-27(26)40-30/h3-10,15-16,28,35-36H,1-2,11-14,18-19H2,(H,32,33,37). The third kappa shape index (κ3) is 6.58. The summed E-state index contributed by atoms with van der Waals surface area (Å²) in [6, 6.07) is 19.4. The summed E-state index contributed by atoms with van der Waals surface area (Å²) in [5.74, 6) is 0.733. The Morgan fingerprint density at radius 1 is 1.02 bits per heavy atom. The fourth-order valence-corrected chi connectivity index (χ4v) is 5.55. The van der Waals surface area contributed by atoms with E-state index >= 15 is 0 Å². The van der Waals surface area contributed by atoms with Crippen molar-refractivity contribution in [3.63, 3.8) is 0 Å². The molecule has 0 radical (unpaired) electrons. The molecular formula is C30H30N4O5S. The van der Waals surface area contributed by atoms with Crippen molar-refractivity contribution >= 4 is 32.6 Å². The number of hydrogen-bond acceptors (Lipinski definition) is 9. The second-order valence-corrected chi connectivity index (χ2v) is 10.5. The maximum Gasteiger partial charge on any atom is 0.271 e. The molecule has 10 heteroatoms. The van der Waals surface area contributed by atoms with E-state index in [2.05, 4.69) is 21.3 Å². The van der Waals surface area contributed by atoms with Gasteiger partial charge in [0.25, 0.3) is 5.91 Å². The Hall–Kier alpha value is -4.01.